The zero-order valence-corrected chi connectivity index (χ0v) is 7.37. The molecule has 0 radical (unpaired) electrons. The average molecular weight is 198 g/mol. The average Bonchev–Trinajstić information content (AvgIpc) is 2.65. The predicted octanol–water partition coefficient (Wildman–Crippen LogP) is 1.38. The molecule has 1 aliphatic rings. The number of hydrogen-bond donors (Lipinski definition) is 0. The van der Waals surface area contributed by atoms with Crippen LogP contribution in [0.15, 0.2) is 6.07 Å². The van der Waals surface area contributed by atoms with Crippen LogP contribution in [-0.4, -0.2) is 20.2 Å². The van der Waals surface area contributed by atoms with Gasteiger partial charge in [0, 0.05) is 0 Å². The number of hydrogen-bond acceptors (Lipinski definition) is 4. The van der Waals surface area contributed by atoms with E-state index in [1.165, 1.54) is 13.2 Å². The van der Waals surface area contributed by atoms with E-state index in [1.54, 1.807) is 0 Å². The molecule has 0 unspecified atom stereocenters. The van der Waals surface area contributed by atoms with Crippen LogP contribution in [-0.2, 0) is 0 Å². The fourth-order valence-corrected chi connectivity index (χ4v) is 1.30. The van der Waals surface area contributed by atoms with E-state index in [-0.39, 0.29) is 29.6 Å². The van der Waals surface area contributed by atoms with Crippen molar-refractivity contribution in [1.29, 1.82) is 0 Å². The van der Waals surface area contributed by atoms with Gasteiger partial charge in [0.15, 0.2) is 17.8 Å². The summed E-state index contributed by atoms with van der Waals surface area (Å²) < 4.78 is 28.1. The van der Waals surface area contributed by atoms with Gasteiger partial charge in [-0.05, 0) is 6.07 Å². The zero-order chi connectivity index (χ0) is 10.1. The second-order valence-corrected chi connectivity index (χ2v) is 2.66. The van der Waals surface area contributed by atoms with Crippen molar-refractivity contribution in [2.45, 2.75) is 0 Å². The van der Waals surface area contributed by atoms with Crippen LogP contribution >= 0.6 is 0 Å². The van der Waals surface area contributed by atoms with Crippen LogP contribution in [0.5, 0.6) is 17.2 Å². The molecule has 14 heavy (non-hydrogen) atoms. The van der Waals surface area contributed by atoms with Crippen molar-refractivity contribution < 1.29 is 23.4 Å². The van der Waals surface area contributed by atoms with E-state index < -0.39 is 5.82 Å². The standard InChI is InChI=1S/C9H7FO4/c1-12-8-5(3-11)2-6-9(7(8)10)14-4-13-6/h2-3H,4H2,1H3. The summed E-state index contributed by atoms with van der Waals surface area (Å²) in [5.41, 5.74) is 0.106. The lowest BCUT2D eigenvalue weighted by Crippen LogP contribution is -1.96. The molecule has 5 heteroatoms. The molecule has 0 saturated heterocycles. The van der Waals surface area contributed by atoms with Gasteiger partial charge in [-0.15, -0.1) is 0 Å². The first-order chi connectivity index (χ1) is 6.77. The minimum Gasteiger partial charge on any atom is -0.493 e. The Morgan fingerprint density at radius 3 is 3.00 bits per heavy atom. The van der Waals surface area contributed by atoms with Crippen LogP contribution in [0.3, 0.4) is 0 Å². The highest BCUT2D eigenvalue weighted by Gasteiger charge is 2.25. The lowest BCUT2D eigenvalue weighted by atomic mass is 10.2. The lowest BCUT2D eigenvalue weighted by molar-refractivity contribution is 0.111. The highest BCUT2D eigenvalue weighted by Crippen LogP contribution is 2.41. The first kappa shape index (κ1) is 8.80. The van der Waals surface area contributed by atoms with E-state index in [4.69, 9.17) is 14.2 Å². The van der Waals surface area contributed by atoms with Gasteiger partial charge in [-0.1, -0.05) is 0 Å². The maximum absolute atomic E-state index is 13.5. The largest absolute Gasteiger partial charge is 0.493 e. The molecule has 1 aromatic rings. The summed E-state index contributed by atoms with van der Waals surface area (Å²) in [5.74, 6) is -0.605. The third kappa shape index (κ3) is 1.09. The summed E-state index contributed by atoms with van der Waals surface area (Å²) in [6.45, 7) is -0.0439. The van der Waals surface area contributed by atoms with Crippen molar-refractivity contribution >= 4 is 6.29 Å². The molecule has 1 aliphatic heterocycles. The normalized spacial score (nSPS) is 12.7. The predicted molar refractivity (Wildman–Crippen MR) is 44.5 cm³/mol. The van der Waals surface area contributed by atoms with Crippen molar-refractivity contribution in [2.75, 3.05) is 13.9 Å². The van der Waals surface area contributed by atoms with Crippen LogP contribution < -0.4 is 14.2 Å². The van der Waals surface area contributed by atoms with Crippen molar-refractivity contribution in [2.24, 2.45) is 0 Å². The third-order valence-electron chi connectivity index (χ3n) is 1.92. The number of fused-ring (bicyclic) bond motifs is 1. The number of ether oxygens (including phenoxy) is 3. The second kappa shape index (κ2) is 3.17. The van der Waals surface area contributed by atoms with Crippen molar-refractivity contribution in [3.63, 3.8) is 0 Å². The summed E-state index contributed by atoms with van der Waals surface area (Å²) in [6, 6.07) is 1.39. The van der Waals surface area contributed by atoms with Gasteiger partial charge in [0.1, 0.15) is 0 Å². The fourth-order valence-electron chi connectivity index (χ4n) is 1.30. The van der Waals surface area contributed by atoms with E-state index >= 15 is 0 Å². The molecule has 0 aliphatic carbocycles. The molecule has 0 bridgehead atoms. The number of aldehydes is 1. The molecule has 0 spiro atoms. The molecular formula is C9H7FO4. The molecule has 74 valence electrons. The van der Waals surface area contributed by atoms with E-state index in [0.717, 1.165) is 0 Å². The minimum absolute atomic E-state index is 0.00699. The number of benzene rings is 1. The summed E-state index contributed by atoms with van der Waals surface area (Å²) in [7, 11) is 1.29. The Hall–Kier alpha value is -1.78. The Morgan fingerprint density at radius 1 is 1.57 bits per heavy atom. The Labute approximate surface area is 79.2 Å². The van der Waals surface area contributed by atoms with Crippen molar-refractivity contribution in [1.82, 2.24) is 0 Å². The molecule has 0 saturated carbocycles. The molecule has 1 heterocycles. The van der Waals surface area contributed by atoms with Crippen molar-refractivity contribution in [3.05, 3.63) is 17.4 Å². The number of carbonyl (C=O) groups excluding carboxylic acids is 1. The molecule has 0 atom stereocenters. The van der Waals surface area contributed by atoms with Gasteiger partial charge in [-0.25, -0.2) is 0 Å². The Bertz CT molecular complexity index is 389. The monoisotopic (exact) mass is 198 g/mol. The second-order valence-electron chi connectivity index (χ2n) is 2.66. The van der Waals surface area contributed by atoms with Crippen LogP contribution in [0.4, 0.5) is 4.39 Å². The van der Waals surface area contributed by atoms with Gasteiger partial charge in [-0.3, -0.25) is 4.79 Å². The van der Waals surface area contributed by atoms with Crippen LogP contribution in [0.25, 0.3) is 0 Å². The van der Waals surface area contributed by atoms with Gasteiger partial charge in [-0.2, -0.15) is 4.39 Å². The number of carbonyl (C=O) groups is 1. The van der Waals surface area contributed by atoms with Gasteiger partial charge in [0.2, 0.25) is 18.4 Å². The first-order valence-corrected chi connectivity index (χ1v) is 3.89. The van der Waals surface area contributed by atoms with Crippen LogP contribution in [0.1, 0.15) is 10.4 Å². The van der Waals surface area contributed by atoms with Gasteiger partial charge < -0.3 is 14.2 Å². The Balaban J connectivity index is 2.65. The smallest absolute Gasteiger partial charge is 0.231 e. The zero-order valence-electron chi connectivity index (χ0n) is 7.37. The highest BCUT2D eigenvalue weighted by molar-refractivity contribution is 5.81. The molecule has 2 rings (SSSR count). The number of halogens is 1. The molecule has 4 nitrogen and oxygen atoms in total. The van der Waals surface area contributed by atoms with E-state index in [2.05, 4.69) is 0 Å². The molecule has 0 fully saturated rings. The fraction of sp³-hybridized carbons (Fsp3) is 0.222. The maximum Gasteiger partial charge on any atom is 0.231 e. The number of rotatable bonds is 2. The van der Waals surface area contributed by atoms with Gasteiger partial charge >= 0.3 is 0 Å². The van der Waals surface area contributed by atoms with E-state index in [9.17, 15) is 9.18 Å². The molecule has 0 amide bonds. The topological polar surface area (TPSA) is 44.8 Å². The third-order valence-corrected chi connectivity index (χ3v) is 1.92. The first-order valence-electron chi connectivity index (χ1n) is 3.89. The summed E-state index contributed by atoms with van der Waals surface area (Å²) in [4.78, 5) is 10.6. The lowest BCUT2D eigenvalue weighted by Gasteiger charge is -2.06. The minimum atomic E-state index is -0.704. The molecule has 1 aromatic carbocycles. The number of methoxy groups -OCH3 is 1. The van der Waals surface area contributed by atoms with Crippen LogP contribution in [0.2, 0.25) is 0 Å². The van der Waals surface area contributed by atoms with Gasteiger partial charge in [0.25, 0.3) is 0 Å². The Morgan fingerprint density at radius 2 is 2.36 bits per heavy atom. The molecule has 0 aromatic heterocycles. The summed E-state index contributed by atoms with van der Waals surface area (Å²) in [6.07, 6.45) is 0.504. The molecular weight excluding hydrogens is 191 g/mol. The highest BCUT2D eigenvalue weighted by atomic mass is 19.1. The van der Waals surface area contributed by atoms with Crippen molar-refractivity contribution in [3.8, 4) is 17.2 Å². The van der Waals surface area contributed by atoms with Gasteiger partial charge in [0.05, 0.1) is 12.7 Å². The Kier molecular flexibility index (Phi) is 1.99. The molecule has 0 N–H and O–H groups in total. The summed E-state index contributed by atoms with van der Waals surface area (Å²) >= 11 is 0. The summed E-state index contributed by atoms with van der Waals surface area (Å²) in [5, 5.41) is 0. The SMILES string of the molecule is COc1c(C=O)cc2c(c1F)OCO2. The van der Waals surface area contributed by atoms with E-state index in [0.29, 0.717) is 6.29 Å². The van der Waals surface area contributed by atoms with Crippen LogP contribution in [0, 0.1) is 5.82 Å². The maximum atomic E-state index is 13.5. The quantitative estimate of drug-likeness (QED) is 0.673. The van der Waals surface area contributed by atoms with E-state index in [1.807, 2.05) is 0 Å².